The van der Waals surface area contributed by atoms with Crippen LogP contribution in [0.2, 0.25) is 0 Å². The highest BCUT2D eigenvalue weighted by atomic mass is 14.9. The summed E-state index contributed by atoms with van der Waals surface area (Å²) in [7, 11) is 2.04. The van der Waals surface area contributed by atoms with Crippen molar-refractivity contribution in [3.63, 3.8) is 0 Å². The van der Waals surface area contributed by atoms with Crippen molar-refractivity contribution in [2.45, 2.75) is 6.54 Å². The van der Waals surface area contributed by atoms with Crippen LogP contribution in [0.5, 0.6) is 0 Å². The molecule has 0 aliphatic carbocycles. The molecule has 0 heterocycles. The van der Waals surface area contributed by atoms with Gasteiger partial charge >= 0.3 is 0 Å². The molecule has 62 valence electrons. The second kappa shape index (κ2) is 4.50. The molecule has 0 bridgehead atoms. The Kier molecular flexibility index (Phi) is 3.27. The molecule has 1 aromatic carbocycles. The van der Waals surface area contributed by atoms with Gasteiger partial charge in [-0.1, -0.05) is 36.9 Å². The normalized spacial score (nSPS) is 11.2. The summed E-state index contributed by atoms with van der Waals surface area (Å²) in [5.41, 5.74) is 1.32. The third-order valence-electron chi connectivity index (χ3n) is 1.63. The maximum Gasteiger partial charge on any atom is 0.167 e. The van der Waals surface area contributed by atoms with Gasteiger partial charge < -0.3 is 0 Å². The number of hydrogen-bond donors (Lipinski definition) is 0. The smallest absolute Gasteiger partial charge is 0.167 e. The van der Waals surface area contributed by atoms with Crippen molar-refractivity contribution in [1.29, 1.82) is 0 Å². The van der Waals surface area contributed by atoms with Crippen molar-refractivity contribution in [2.24, 2.45) is 0 Å². The fourth-order valence-corrected chi connectivity index (χ4v) is 1.10. The van der Waals surface area contributed by atoms with Gasteiger partial charge in [-0.25, -0.2) is 4.58 Å². The lowest BCUT2D eigenvalue weighted by atomic mass is 10.2. The predicted molar refractivity (Wildman–Crippen MR) is 52.6 cm³/mol. The standard InChI is InChI=1S/C11H14N/c1-3-9-12(2)10-11-7-5-4-6-8-11/h3-9H,1,10H2,2H3/q+1. The van der Waals surface area contributed by atoms with E-state index in [1.807, 2.05) is 19.3 Å². The summed E-state index contributed by atoms with van der Waals surface area (Å²) in [6.45, 7) is 4.58. The van der Waals surface area contributed by atoms with Gasteiger partial charge in [-0.15, -0.1) is 0 Å². The molecule has 0 atom stereocenters. The molecule has 12 heavy (non-hydrogen) atoms. The molecule has 1 aromatic rings. The Bertz CT molecular complexity index is 272. The van der Waals surface area contributed by atoms with Gasteiger partial charge in [0.1, 0.15) is 7.05 Å². The molecular weight excluding hydrogens is 146 g/mol. The molecule has 0 spiro atoms. The van der Waals surface area contributed by atoms with Gasteiger partial charge in [-0.05, 0) is 6.08 Å². The first-order valence-electron chi connectivity index (χ1n) is 4.03. The Morgan fingerprint density at radius 3 is 2.58 bits per heavy atom. The molecule has 0 radical (unpaired) electrons. The highest BCUT2D eigenvalue weighted by Gasteiger charge is 1.95. The average molecular weight is 160 g/mol. The minimum atomic E-state index is 0.937. The number of benzene rings is 1. The van der Waals surface area contributed by atoms with Crippen LogP contribution < -0.4 is 0 Å². The van der Waals surface area contributed by atoms with Crippen LogP contribution in [0.25, 0.3) is 0 Å². The van der Waals surface area contributed by atoms with Crippen LogP contribution in [0.3, 0.4) is 0 Å². The molecule has 0 fully saturated rings. The molecule has 0 N–H and O–H groups in total. The van der Waals surface area contributed by atoms with Crippen LogP contribution in [-0.4, -0.2) is 17.8 Å². The molecule has 1 rings (SSSR count). The highest BCUT2D eigenvalue weighted by molar-refractivity contribution is 5.64. The lowest BCUT2D eigenvalue weighted by molar-refractivity contribution is -0.508. The number of rotatable bonds is 3. The Balaban J connectivity index is 2.64. The Hall–Kier alpha value is -1.37. The minimum absolute atomic E-state index is 0.937. The van der Waals surface area contributed by atoms with Crippen LogP contribution in [0.15, 0.2) is 43.0 Å². The average Bonchev–Trinajstić information content (AvgIpc) is 2.06. The van der Waals surface area contributed by atoms with Crippen molar-refractivity contribution in [3.05, 3.63) is 48.6 Å². The first kappa shape index (κ1) is 8.72. The van der Waals surface area contributed by atoms with E-state index in [0.29, 0.717) is 0 Å². The zero-order chi connectivity index (χ0) is 8.81. The summed E-state index contributed by atoms with van der Waals surface area (Å²) in [5.74, 6) is 0. The van der Waals surface area contributed by atoms with Crippen molar-refractivity contribution in [3.8, 4) is 0 Å². The van der Waals surface area contributed by atoms with Crippen molar-refractivity contribution < 1.29 is 4.58 Å². The number of allylic oxidation sites excluding steroid dienone is 1. The van der Waals surface area contributed by atoms with E-state index < -0.39 is 0 Å². The third-order valence-corrected chi connectivity index (χ3v) is 1.63. The summed E-state index contributed by atoms with van der Waals surface area (Å²) in [4.78, 5) is 0. The molecule has 0 aromatic heterocycles. The Labute approximate surface area is 73.7 Å². The van der Waals surface area contributed by atoms with Gasteiger partial charge in [-0.2, -0.15) is 0 Å². The molecule has 1 nitrogen and oxygen atoms in total. The molecule has 0 aliphatic heterocycles. The van der Waals surface area contributed by atoms with Gasteiger partial charge in [0.2, 0.25) is 0 Å². The van der Waals surface area contributed by atoms with Gasteiger partial charge in [0.25, 0.3) is 0 Å². The van der Waals surface area contributed by atoms with E-state index in [2.05, 4.69) is 35.4 Å². The number of hydrogen-bond acceptors (Lipinski definition) is 0. The van der Waals surface area contributed by atoms with Crippen LogP contribution in [-0.2, 0) is 6.54 Å². The van der Waals surface area contributed by atoms with Crippen molar-refractivity contribution >= 4 is 6.21 Å². The Morgan fingerprint density at radius 2 is 2.00 bits per heavy atom. The SMILES string of the molecule is C=CC=[N+](C)Cc1ccccc1. The van der Waals surface area contributed by atoms with Gasteiger partial charge in [0, 0.05) is 5.56 Å². The largest absolute Gasteiger partial charge is 0.234 e. The van der Waals surface area contributed by atoms with Crippen LogP contribution in [0.1, 0.15) is 5.56 Å². The monoisotopic (exact) mass is 160 g/mol. The van der Waals surface area contributed by atoms with E-state index in [1.165, 1.54) is 5.56 Å². The van der Waals surface area contributed by atoms with Gasteiger partial charge in [0.15, 0.2) is 12.8 Å². The van der Waals surface area contributed by atoms with E-state index in [4.69, 9.17) is 0 Å². The zero-order valence-electron chi connectivity index (χ0n) is 7.40. The molecule has 0 saturated carbocycles. The summed E-state index contributed by atoms with van der Waals surface area (Å²) in [6, 6.07) is 10.4. The second-order valence-electron chi connectivity index (χ2n) is 2.79. The van der Waals surface area contributed by atoms with Crippen molar-refractivity contribution in [1.82, 2.24) is 0 Å². The van der Waals surface area contributed by atoms with Crippen LogP contribution in [0, 0.1) is 0 Å². The predicted octanol–water partition coefficient (Wildman–Crippen LogP) is 2.09. The maximum absolute atomic E-state index is 3.65. The number of nitrogens with zero attached hydrogens (tertiary/aromatic N) is 1. The molecule has 0 saturated heterocycles. The van der Waals surface area contributed by atoms with E-state index in [9.17, 15) is 0 Å². The highest BCUT2D eigenvalue weighted by Crippen LogP contribution is 1.98. The Morgan fingerprint density at radius 1 is 1.33 bits per heavy atom. The molecule has 0 aliphatic rings. The van der Waals surface area contributed by atoms with E-state index in [-0.39, 0.29) is 0 Å². The van der Waals surface area contributed by atoms with Gasteiger partial charge in [0.05, 0.1) is 0 Å². The first-order chi connectivity index (χ1) is 5.83. The lowest BCUT2D eigenvalue weighted by Gasteiger charge is -1.95. The lowest BCUT2D eigenvalue weighted by Crippen LogP contribution is -2.05. The third kappa shape index (κ3) is 2.70. The van der Waals surface area contributed by atoms with E-state index >= 15 is 0 Å². The van der Waals surface area contributed by atoms with E-state index in [0.717, 1.165) is 6.54 Å². The summed E-state index contributed by atoms with van der Waals surface area (Å²) >= 11 is 0. The minimum Gasteiger partial charge on any atom is -0.234 e. The molecule has 0 amide bonds. The molecule has 0 unspecified atom stereocenters. The summed E-state index contributed by atoms with van der Waals surface area (Å²) in [5, 5.41) is 0. The second-order valence-corrected chi connectivity index (χ2v) is 2.79. The molecule has 1 heteroatoms. The maximum atomic E-state index is 3.65. The molecular formula is C11H14N+. The topological polar surface area (TPSA) is 3.01 Å². The fourth-order valence-electron chi connectivity index (χ4n) is 1.10. The van der Waals surface area contributed by atoms with Crippen molar-refractivity contribution in [2.75, 3.05) is 7.05 Å². The summed E-state index contributed by atoms with van der Waals surface area (Å²) < 4.78 is 2.10. The summed E-state index contributed by atoms with van der Waals surface area (Å²) in [6.07, 6.45) is 3.76. The van der Waals surface area contributed by atoms with E-state index in [1.54, 1.807) is 6.08 Å². The van der Waals surface area contributed by atoms with Crippen LogP contribution >= 0.6 is 0 Å². The van der Waals surface area contributed by atoms with Gasteiger partial charge in [-0.3, -0.25) is 0 Å². The first-order valence-corrected chi connectivity index (χ1v) is 4.03. The zero-order valence-corrected chi connectivity index (χ0v) is 7.40. The van der Waals surface area contributed by atoms with Crippen LogP contribution in [0.4, 0.5) is 0 Å². The fraction of sp³-hybridized carbons (Fsp3) is 0.182. The quantitative estimate of drug-likeness (QED) is 0.470.